The molecule has 0 saturated carbocycles. The van der Waals surface area contributed by atoms with E-state index in [1.54, 1.807) is 6.20 Å². The Bertz CT molecular complexity index is 315. The topological polar surface area (TPSA) is 24.9 Å². The predicted molar refractivity (Wildman–Crippen MR) is 69.7 cm³/mol. The van der Waals surface area contributed by atoms with E-state index >= 15 is 0 Å². The molecule has 1 aromatic rings. The number of aryl methyl sites for hydroxylation is 1. The number of hydrogen-bond acceptors (Lipinski definition) is 2. The predicted octanol–water partition coefficient (Wildman–Crippen LogP) is 3.97. The molecule has 0 radical (unpaired) electrons. The molecule has 0 fully saturated rings. The van der Waals surface area contributed by atoms with Gasteiger partial charge < -0.3 is 5.32 Å². The van der Waals surface area contributed by atoms with E-state index in [2.05, 4.69) is 32.3 Å². The highest BCUT2D eigenvalue weighted by Gasteiger charge is 2.00. The molecule has 1 unspecified atom stereocenters. The maximum Gasteiger partial charge on any atom is 0.128 e. The van der Waals surface area contributed by atoms with Crippen molar-refractivity contribution in [2.24, 2.45) is 0 Å². The third-order valence-electron chi connectivity index (χ3n) is 2.12. The number of alkyl halides is 1. The maximum absolute atomic E-state index is 5.86. The zero-order valence-electron chi connectivity index (χ0n) is 9.06. The van der Waals surface area contributed by atoms with Crippen LogP contribution in [-0.2, 0) is 0 Å². The van der Waals surface area contributed by atoms with Gasteiger partial charge in [-0.15, -0.1) is 11.6 Å². The molecular weight excluding hydrogens is 275 g/mol. The molecule has 15 heavy (non-hydrogen) atoms. The normalized spacial score (nSPS) is 12.5. The van der Waals surface area contributed by atoms with Crippen LogP contribution in [0.3, 0.4) is 0 Å². The molecule has 0 aliphatic heterocycles. The minimum absolute atomic E-state index is 0.255. The molecule has 4 heteroatoms. The van der Waals surface area contributed by atoms with Crippen LogP contribution in [0.4, 0.5) is 5.82 Å². The van der Waals surface area contributed by atoms with Crippen molar-refractivity contribution in [2.75, 3.05) is 11.9 Å². The molecular formula is C11H16BrClN2. The van der Waals surface area contributed by atoms with Crippen LogP contribution in [0.15, 0.2) is 16.7 Å². The first-order chi connectivity index (χ1) is 7.09. The van der Waals surface area contributed by atoms with Gasteiger partial charge in [0.1, 0.15) is 5.82 Å². The molecule has 1 rings (SSSR count). The van der Waals surface area contributed by atoms with Crippen molar-refractivity contribution in [3.05, 3.63) is 22.3 Å². The van der Waals surface area contributed by atoms with E-state index in [9.17, 15) is 0 Å². The van der Waals surface area contributed by atoms with Crippen molar-refractivity contribution in [1.82, 2.24) is 4.98 Å². The standard InChI is InChI=1S/C11H16BrClN2/c1-8-6-10(12)7-15-11(8)14-5-3-4-9(2)13/h6-7,9H,3-5H2,1-2H3,(H,14,15). The highest BCUT2D eigenvalue weighted by atomic mass is 79.9. The SMILES string of the molecule is Cc1cc(Br)cnc1NCCCC(C)Cl. The minimum Gasteiger partial charge on any atom is -0.370 e. The monoisotopic (exact) mass is 290 g/mol. The number of hydrogen-bond donors (Lipinski definition) is 1. The Morgan fingerprint density at radius 1 is 1.60 bits per heavy atom. The third-order valence-corrected chi connectivity index (χ3v) is 2.77. The van der Waals surface area contributed by atoms with Crippen molar-refractivity contribution >= 4 is 33.3 Å². The van der Waals surface area contributed by atoms with Crippen LogP contribution in [-0.4, -0.2) is 16.9 Å². The molecule has 0 spiro atoms. The summed E-state index contributed by atoms with van der Waals surface area (Å²) in [7, 11) is 0. The number of rotatable bonds is 5. The molecule has 1 N–H and O–H groups in total. The Morgan fingerprint density at radius 2 is 2.33 bits per heavy atom. The van der Waals surface area contributed by atoms with Crippen LogP contribution < -0.4 is 5.32 Å². The highest BCUT2D eigenvalue weighted by molar-refractivity contribution is 9.10. The summed E-state index contributed by atoms with van der Waals surface area (Å²) >= 11 is 9.25. The summed E-state index contributed by atoms with van der Waals surface area (Å²) in [6, 6.07) is 2.06. The maximum atomic E-state index is 5.86. The number of nitrogens with zero attached hydrogens (tertiary/aromatic N) is 1. The second-order valence-corrected chi connectivity index (χ2v) is 5.33. The molecule has 84 valence electrons. The van der Waals surface area contributed by atoms with Crippen molar-refractivity contribution in [1.29, 1.82) is 0 Å². The van der Waals surface area contributed by atoms with Gasteiger partial charge >= 0.3 is 0 Å². The molecule has 0 amide bonds. The zero-order chi connectivity index (χ0) is 11.3. The lowest BCUT2D eigenvalue weighted by molar-refractivity contribution is 0.748. The summed E-state index contributed by atoms with van der Waals surface area (Å²) in [5.74, 6) is 0.959. The largest absolute Gasteiger partial charge is 0.370 e. The average molecular weight is 292 g/mol. The van der Waals surface area contributed by atoms with Crippen LogP contribution in [0, 0.1) is 6.92 Å². The van der Waals surface area contributed by atoms with Crippen LogP contribution in [0.5, 0.6) is 0 Å². The van der Waals surface area contributed by atoms with E-state index in [1.165, 1.54) is 0 Å². The van der Waals surface area contributed by atoms with Crippen molar-refractivity contribution in [3.63, 3.8) is 0 Å². The summed E-state index contributed by atoms with van der Waals surface area (Å²) in [4.78, 5) is 4.30. The lowest BCUT2D eigenvalue weighted by Crippen LogP contribution is -2.06. The molecule has 0 bridgehead atoms. The number of pyridine rings is 1. The molecule has 0 aliphatic carbocycles. The molecule has 2 nitrogen and oxygen atoms in total. The van der Waals surface area contributed by atoms with Gasteiger partial charge in [-0.3, -0.25) is 0 Å². The van der Waals surface area contributed by atoms with Gasteiger partial charge in [0.2, 0.25) is 0 Å². The van der Waals surface area contributed by atoms with Crippen LogP contribution in [0.2, 0.25) is 0 Å². The number of aromatic nitrogens is 1. The Hall–Kier alpha value is -0.280. The van der Waals surface area contributed by atoms with E-state index in [0.29, 0.717) is 0 Å². The Balaban J connectivity index is 2.37. The number of halogens is 2. The zero-order valence-corrected chi connectivity index (χ0v) is 11.4. The Labute approximate surface area is 105 Å². The molecule has 0 aromatic carbocycles. The fraction of sp³-hybridized carbons (Fsp3) is 0.545. The van der Waals surface area contributed by atoms with Crippen molar-refractivity contribution in [3.8, 4) is 0 Å². The van der Waals surface area contributed by atoms with Gasteiger partial charge in [0, 0.05) is 22.6 Å². The van der Waals surface area contributed by atoms with E-state index in [4.69, 9.17) is 11.6 Å². The number of nitrogens with one attached hydrogen (secondary N) is 1. The second-order valence-electron chi connectivity index (χ2n) is 3.67. The second kappa shape index (κ2) is 6.33. The van der Waals surface area contributed by atoms with E-state index < -0.39 is 0 Å². The lowest BCUT2D eigenvalue weighted by atomic mass is 10.2. The Kier molecular flexibility index (Phi) is 5.40. The summed E-state index contributed by atoms with van der Waals surface area (Å²) < 4.78 is 1.01. The molecule has 0 saturated heterocycles. The fourth-order valence-corrected chi connectivity index (χ4v) is 1.92. The smallest absolute Gasteiger partial charge is 0.128 e. The molecule has 1 atom stereocenters. The Morgan fingerprint density at radius 3 is 2.93 bits per heavy atom. The van der Waals surface area contributed by atoms with Crippen LogP contribution in [0.25, 0.3) is 0 Å². The van der Waals surface area contributed by atoms with Gasteiger partial charge in [-0.25, -0.2) is 4.98 Å². The van der Waals surface area contributed by atoms with E-state index in [-0.39, 0.29) is 5.38 Å². The summed E-state index contributed by atoms with van der Waals surface area (Å²) in [5.41, 5.74) is 1.16. The first-order valence-electron chi connectivity index (χ1n) is 5.09. The van der Waals surface area contributed by atoms with Crippen LogP contribution in [0.1, 0.15) is 25.3 Å². The third kappa shape index (κ3) is 4.85. The molecule has 0 aliphatic rings. The number of anilines is 1. The van der Waals surface area contributed by atoms with Crippen molar-refractivity contribution in [2.45, 2.75) is 32.1 Å². The van der Waals surface area contributed by atoms with Gasteiger partial charge in [0.05, 0.1) is 0 Å². The minimum atomic E-state index is 0.255. The first kappa shape index (κ1) is 12.8. The van der Waals surface area contributed by atoms with Gasteiger partial charge in [0.15, 0.2) is 0 Å². The van der Waals surface area contributed by atoms with Crippen molar-refractivity contribution < 1.29 is 0 Å². The lowest BCUT2D eigenvalue weighted by Gasteiger charge is -2.08. The van der Waals surface area contributed by atoms with Crippen LogP contribution >= 0.6 is 27.5 Å². The molecule has 1 aromatic heterocycles. The quantitative estimate of drug-likeness (QED) is 0.656. The van der Waals surface area contributed by atoms with Gasteiger partial charge in [-0.2, -0.15) is 0 Å². The van der Waals surface area contributed by atoms with Gasteiger partial charge in [-0.1, -0.05) is 0 Å². The summed E-state index contributed by atoms with van der Waals surface area (Å²) in [6.45, 7) is 4.99. The van der Waals surface area contributed by atoms with Gasteiger partial charge in [0.25, 0.3) is 0 Å². The summed E-state index contributed by atoms with van der Waals surface area (Å²) in [5, 5.41) is 3.56. The summed E-state index contributed by atoms with van der Waals surface area (Å²) in [6.07, 6.45) is 3.91. The van der Waals surface area contributed by atoms with Gasteiger partial charge in [-0.05, 0) is 54.2 Å². The average Bonchev–Trinajstić information content (AvgIpc) is 2.14. The molecule has 1 heterocycles. The first-order valence-corrected chi connectivity index (χ1v) is 6.32. The fourth-order valence-electron chi connectivity index (χ4n) is 1.32. The van der Waals surface area contributed by atoms with E-state index in [1.807, 2.05) is 13.8 Å². The van der Waals surface area contributed by atoms with E-state index in [0.717, 1.165) is 35.2 Å². The highest BCUT2D eigenvalue weighted by Crippen LogP contribution is 2.16.